The van der Waals surface area contributed by atoms with Gasteiger partial charge in [-0.1, -0.05) is 6.07 Å². The van der Waals surface area contributed by atoms with Gasteiger partial charge >= 0.3 is 5.97 Å². The third kappa shape index (κ3) is 6.06. The van der Waals surface area contributed by atoms with Gasteiger partial charge in [0, 0.05) is 31.7 Å². The Morgan fingerprint density at radius 1 is 1.32 bits per heavy atom. The second-order valence-electron chi connectivity index (χ2n) is 6.17. The third-order valence-corrected chi connectivity index (χ3v) is 4.21. The summed E-state index contributed by atoms with van der Waals surface area (Å²) >= 11 is 0. The Morgan fingerprint density at radius 3 is 2.84 bits per heavy atom. The molecule has 2 rings (SSSR count). The van der Waals surface area contributed by atoms with Crippen LogP contribution in [0.4, 0.5) is 5.82 Å². The molecule has 1 aliphatic heterocycles. The lowest BCUT2D eigenvalue weighted by Gasteiger charge is -2.32. The van der Waals surface area contributed by atoms with Gasteiger partial charge < -0.3 is 21.1 Å². The largest absolute Gasteiger partial charge is 0.481 e. The number of piperidine rings is 1. The van der Waals surface area contributed by atoms with Crippen molar-refractivity contribution in [2.75, 3.05) is 25.4 Å². The molecule has 4 N–H and O–H groups in total. The van der Waals surface area contributed by atoms with Gasteiger partial charge in [-0.2, -0.15) is 0 Å². The number of nitrogen functional groups attached to an aromatic ring is 1. The van der Waals surface area contributed by atoms with Crippen molar-refractivity contribution in [1.82, 2.24) is 15.2 Å². The number of aliphatic carboxylic acids is 1. The number of pyridine rings is 1. The summed E-state index contributed by atoms with van der Waals surface area (Å²) in [6.07, 6.45) is 2.20. The lowest BCUT2D eigenvalue weighted by molar-refractivity contribution is -0.137. The molecule has 2 heterocycles. The normalized spacial score (nSPS) is 17.1. The average Bonchev–Trinajstić information content (AvgIpc) is 2.59. The minimum atomic E-state index is -0.948. The van der Waals surface area contributed by atoms with E-state index in [2.05, 4.69) is 10.3 Å². The van der Waals surface area contributed by atoms with Crippen LogP contribution in [0.2, 0.25) is 0 Å². The Balaban J connectivity index is 1.80. The molecule has 0 radical (unpaired) electrons. The van der Waals surface area contributed by atoms with Gasteiger partial charge in [-0.15, -0.1) is 0 Å². The minimum absolute atomic E-state index is 0.00717. The zero-order valence-electron chi connectivity index (χ0n) is 14.1. The molecule has 1 unspecified atom stereocenters. The van der Waals surface area contributed by atoms with Gasteiger partial charge in [0.25, 0.3) is 0 Å². The van der Waals surface area contributed by atoms with E-state index in [-0.39, 0.29) is 30.7 Å². The monoisotopic (exact) mass is 348 g/mol. The molecule has 136 valence electrons. The van der Waals surface area contributed by atoms with Crippen molar-refractivity contribution in [1.29, 1.82) is 0 Å². The molecule has 0 aliphatic carbocycles. The van der Waals surface area contributed by atoms with Crippen molar-refractivity contribution in [2.45, 2.75) is 32.1 Å². The van der Waals surface area contributed by atoms with Gasteiger partial charge in [-0.05, 0) is 31.4 Å². The van der Waals surface area contributed by atoms with Gasteiger partial charge in [0.1, 0.15) is 5.82 Å². The number of likely N-dealkylation sites (tertiary alicyclic amines) is 1. The standard InChI is InChI=1S/C17H24N4O4/c18-14-5-1-4-13(20-14)6-7-15(22)21-10-2-3-12(11-21)17(25)19-9-8-16(23)24/h1,4-5,12H,2-3,6-11H2,(H2,18,20)(H,19,25)(H,23,24). The number of hydrogen-bond donors (Lipinski definition) is 3. The number of hydrogen-bond acceptors (Lipinski definition) is 5. The highest BCUT2D eigenvalue weighted by molar-refractivity contribution is 5.81. The first kappa shape index (κ1) is 18.7. The number of carbonyl (C=O) groups is 3. The Morgan fingerprint density at radius 2 is 2.12 bits per heavy atom. The second-order valence-corrected chi connectivity index (χ2v) is 6.17. The molecule has 1 saturated heterocycles. The average molecular weight is 348 g/mol. The summed E-state index contributed by atoms with van der Waals surface area (Å²) in [5.41, 5.74) is 6.40. The number of amides is 2. The van der Waals surface area contributed by atoms with E-state index in [4.69, 9.17) is 10.8 Å². The first-order chi connectivity index (χ1) is 12.0. The van der Waals surface area contributed by atoms with E-state index in [9.17, 15) is 14.4 Å². The van der Waals surface area contributed by atoms with Crippen molar-refractivity contribution in [2.24, 2.45) is 5.92 Å². The third-order valence-electron chi connectivity index (χ3n) is 4.21. The lowest BCUT2D eigenvalue weighted by Crippen LogP contribution is -2.45. The van der Waals surface area contributed by atoms with Crippen LogP contribution in [0, 0.1) is 5.92 Å². The van der Waals surface area contributed by atoms with Crippen LogP contribution < -0.4 is 11.1 Å². The summed E-state index contributed by atoms with van der Waals surface area (Å²) in [5.74, 6) is -0.988. The molecule has 2 amide bonds. The number of nitrogens with two attached hydrogens (primary N) is 1. The predicted molar refractivity (Wildman–Crippen MR) is 91.5 cm³/mol. The fraction of sp³-hybridized carbons (Fsp3) is 0.529. The number of carboxylic acids is 1. The molecule has 1 aliphatic rings. The maximum absolute atomic E-state index is 12.4. The van der Waals surface area contributed by atoms with Crippen molar-refractivity contribution in [3.05, 3.63) is 23.9 Å². The molecule has 0 spiro atoms. The zero-order chi connectivity index (χ0) is 18.2. The lowest BCUT2D eigenvalue weighted by atomic mass is 9.96. The van der Waals surface area contributed by atoms with Crippen LogP contribution in [-0.2, 0) is 20.8 Å². The highest BCUT2D eigenvalue weighted by Crippen LogP contribution is 2.18. The van der Waals surface area contributed by atoms with Crippen LogP contribution in [0.25, 0.3) is 0 Å². The highest BCUT2D eigenvalue weighted by Gasteiger charge is 2.28. The van der Waals surface area contributed by atoms with Crippen molar-refractivity contribution >= 4 is 23.6 Å². The van der Waals surface area contributed by atoms with Gasteiger partial charge in [0.15, 0.2) is 0 Å². The van der Waals surface area contributed by atoms with E-state index in [1.165, 1.54) is 0 Å². The molecule has 1 aromatic rings. The molecular weight excluding hydrogens is 324 g/mol. The van der Waals surface area contributed by atoms with E-state index < -0.39 is 5.97 Å². The highest BCUT2D eigenvalue weighted by atomic mass is 16.4. The smallest absolute Gasteiger partial charge is 0.305 e. The first-order valence-electron chi connectivity index (χ1n) is 8.44. The minimum Gasteiger partial charge on any atom is -0.481 e. The van der Waals surface area contributed by atoms with Crippen molar-refractivity contribution in [3.63, 3.8) is 0 Å². The van der Waals surface area contributed by atoms with Gasteiger partial charge in [-0.3, -0.25) is 14.4 Å². The fourth-order valence-corrected chi connectivity index (χ4v) is 2.89. The summed E-state index contributed by atoms with van der Waals surface area (Å²) in [4.78, 5) is 40.9. The molecule has 0 aromatic carbocycles. The van der Waals surface area contributed by atoms with Crippen LogP contribution in [-0.4, -0.2) is 52.4 Å². The Hall–Kier alpha value is -2.64. The molecule has 1 atom stereocenters. The number of aryl methyl sites for hydroxylation is 1. The summed E-state index contributed by atoms with van der Waals surface area (Å²) in [6.45, 7) is 1.13. The van der Waals surface area contributed by atoms with Crippen LogP contribution in [0.1, 0.15) is 31.4 Å². The molecule has 8 heteroatoms. The first-order valence-corrected chi connectivity index (χ1v) is 8.44. The van der Waals surface area contributed by atoms with Crippen LogP contribution in [0.3, 0.4) is 0 Å². The fourth-order valence-electron chi connectivity index (χ4n) is 2.89. The Labute approximate surface area is 146 Å². The molecule has 1 aromatic heterocycles. The molecule has 1 fully saturated rings. The maximum atomic E-state index is 12.4. The second kappa shape index (κ2) is 9.00. The van der Waals surface area contributed by atoms with Gasteiger partial charge in [0.2, 0.25) is 11.8 Å². The molecule has 25 heavy (non-hydrogen) atoms. The van der Waals surface area contributed by atoms with E-state index in [1.54, 1.807) is 17.0 Å². The number of anilines is 1. The van der Waals surface area contributed by atoms with Crippen molar-refractivity contribution in [3.8, 4) is 0 Å². The molecule has 0 saturated carbocycles. The van der Waals surface area contributed by atoms with Gasteiger partial charge in [-0.25, -0.2) is 4.98 Å². The molecular formula is C17H24N4O4. The number of rotatable bonds is 7. The van der Waals surface area contributed by atoms with Gasteiger partial charge in [0.05, 0.1) is 12.3 Å². The summed E-state index contributed by atoms with van der Waals surface area (Å²) in [5, 5.41) is 11.2. The van der Waals surface area contributed by atoms with Crippen molar-refractivity contribution < 1.29 is 19.5 Å². The predicted octanol–water partition coefficient (Wildman–Crippen LogP) is 0.426. The number of carboxylic acid groups (broad SMARTS) is 1. The van der Waals surface area contributed by atoms with Crippen LogP contribution >= 0.6 is 0 Å². The topological polar surface area (TPSA) is 126 Å². The van der Waals surface area contributed by atoms with E-state index in [0.29, 0.717) is 38.2 Å². The maximum Gasteiger partial charge on any atom is 0.305 e. The molecule has 0 bridgehead atoms. The van der Waals surface area contributed by atoms with E-state index in [0.717, 1.165) is 12.1 Å². The number of aromatic nitrogens is 1. The zero-order valence-corrected chi connectivity index (χ0v) is 14.1. The van der Waals surface area contributed by atoms with E-state index in [1.807, 2.05) is 6.07 Å². The molecule has 8 nitrogen and oxygen atoms in total. The number of nitrogens with one attached hydrogen (secondary N) is 1. The number of nitrogens with zero attached hydrogens (tertiary/aromatic N) is 2. The SMILES string of the molecule is Nc1cccc(CCC(=O)N2CCCC(C(=O)NCCC(=O)O)C2)n1. The summed E-state index contributed by atoms with van der Waals surface area (Å²) in [7, 11) is 0. The van der Waals surface area contributed by atoms with Crippen LogP contribution in [0.15, 0.2) is 18.2 Å². The van der Waals surface area contributed by atoms with E-state index >= 15 is 0 Å². The quantitative estimate of drug-likeness (QED) is 0.656. The summed E-state index contributed by atoms with van der Waals surface area (Å²) < 4.78 is 0. The van der Waals surface area contributed by atoms with Crippen LogP contribution in [0.5, 0.6) is 0 Å². The Bertz CT molecular complexity index is 635. The number of carbonyl (C=O) groups excluding carboxylic acids is 2. The summed E-state index contributed by atoms with van der Waals surface area (Å²) in [6, 6.07) is 5.34. The Kier molecular flexibility index (Phi) is 6.73.